The van der Waals surface area contributed by atoms with Gasteiger partial charge in [-0.2, -0.15) is 0 Å². The van der Waals surface area contributed by atoms with E-state index in [1.54, 1.807) is 6.20 Å². The number of carbonyl (C=O) groups is 1. The van der Waals surface area contributed by atoms with Crippen molar-refractivity contribution in [3.63, 3.8) is 0 Å². The molecule has 0 unspecified atom stereocenters. The molecule has 2 heterocycles. The van der Waals surface area contributed by atoms with Crippen molar-refractivity contribution in [3.05, 3.63) is 58.9 Å². The molecule has 0 aliphatic rings. The van der Waals surface area contributed by atoms with Crippen molar-refractivity contribution in [2.45, 2.75) is 13.3 Å². The van der Waals surface area contributed by atoms with E-state index in [0.29, 0.717) is 5.02 Å². The molecule has 0 bridgehead atoms. The molecule has 112 valence electrons. The first kappa shape index (κ1) is 14.6. The summed E-state index contributed by atoms with van der Waals surface area (Å²) in [6, 6.07) is 11.4. The standard InChI is InChI=1S/C17H15ClN2O2/c1-11-15(10-16(21)22-2)14-4-3-9-19-17(14)20(11)13-7-5-12(18)6-8-13/h3-9H,10H2,1-2H3. The maximum atomic E-state index is 11.7. The van der Waals surface area contributed by atoms with E-state index in [-0.39, 0.29) is 12.4 Å². The van der Waals surface area contributed by atoms with Crippen LogP contribution in [0.3, 0.4) is 0 Å². The monoisotopic (exact) mass is 314 g/mol. The van der Waals surface area contributed by atoms with Crippen LogP contribution in [0.25, 0.3) is 16.7 Å². The van der Waals surface area contributed by atoms with Crippen molar-refractivity contribution < 1.29 is 9.53 Å². The zero-order valence-electron chi connectivity index (χ0n) is 12.3. The zero-order valence-corrected chi connectivity index (χ0v) is 13.1. The molecule has 3 rings (SSSR count). The Labute approximate surface area is 133 Å². The first-order chi connectivity index (χ1) is 10.6. The summed E-state index contributed by atoms with van der Waals surface area (Å²) in [5.41, 5.74) is 3.69. The maximum absolute atomic E-state index is 11.7. The van der Waals surface area contributed by atoms with Crippen LogP contribution in [0.2, 0.25) is 5.02 Å². The summed E-state index contributed by atoms with van der Waals surface area (Å²) in [4.78, 5) is 16.2. The van der Waals surface area contributed by atoms with Gasteiger partial charge in [0.25, 0.3) is 0 Å². The van der Waals surface area contributed by atoms with E-state index in [1.165, 1.54) is 7.11 Å². The van der Waals surface area contributed by atoms with Gasteiger partial charge in [-0.15, -0.1) is 0 Å². The first-order valence-electron chi connectivity index (χ1n) is 6.89. The van der Waals surface area contributed by atoms with Crippen LogP contribution in [-0.2, 0) is 16.0 Å². The molecule has 0 atom stereocenters. The summed E-state index contributed by atoms with van der Waals surface area (Å²) < 4.78 is 6.83. The minimum Gasteiger partial charge on any atom is -0.469 e. The predicted octanol–water partition coefficient (Wildman–Crippen LogP) is 3.70. The second kappa shape index (κ2) is 5.81. The van der Waals surface area contributed by atoms with E-state index in [4.69, 9.17) is 16.3 Å². The lowest BCUT2D eigenvalue weighted by Crippen LogP contribution is -2.06. The van der Waals surface area contributed by atoms with Crippen LogP contribution in [-0.4, -0.2) is 22.6 Å². The topological polar surface area (TPSA) is 44.1 Å². The SMILES string of the molecule is COC(=O)Cc1c(C)n(-c2ccc(Cl)cc2)c2ncccc12. The fourth-order valence-electron chi connectivity index (χ4n) is 2.65. The minimum atomic E-state index is -0.262. The summed E-state index contributed by atoms with van der Waals surface area (Å²) in [6.07, 6.45) is 1.97. The van der Waals surface area contributed by atoms with Gasteiger partial charge in [-0.05, 0) is 48.9 Å². The Hall–Kier alpha value is -2.33. The molecule has 0 radical (unpaired) electrons. The third-order valence-electron chi connectivity index (χ3n) is 3.73. The Balaban J connectivity index is 2.24. The molecule has 22 heavy (non-hydrogen) atoms. The van der Waals surface area contributed by atoms with Gasteiger partial charge >= 0.3 is 5.97 Å². The van der Waals surface area contributed by atoms with E-state index < -0.39 is 0 Å². The number of esters is 1. The number of hydrogen-bond donors (Lipinski definition) is 0. The van der Waals surface area contributed by atoms with E-state index >= 15 is 0 Å². The van der Waals surface area contributed by atoms with Crippen LogP contribution in [0.5, 0.6) is 0 Å². The van der Waals surface area contributed by atoms with Gasteiger partial charge in [-0.3, -0.25) is 9.36 Å². The molecule has 0 amide bonds. The number of hydrogen-bond acceptors (Lipinski definition) is 3. The number of benzene rings is 1. The van der Waals surface area contributed by atoms with Crippen LogP contribution >= 0.6 is 11.6 Å². The van der Waals surface area contributed by atoms with Gasteiger partial charge in [0.1, 0.15) is 5.65 Å². The molecule has 0 aliphatic heterocycles. The lowest BCUT2D eigenvalue weighted by atomic mass is 10.1. The number of pyridine rings is 1. The van der Waals surface area contributed by atoms with Gasteiger partial charge in [0.15, 0.2) is 0 Å². The predicted molar refractivity (Wildman–Crippen MR) is 86.5 cm³/mol. The molecule has 0 fully saturated rings. The normalized spacial score (nSPS) is 10.9. The van der Waals surface area contributed by atoms with Crippen molar-refractivity contribution >= 4 is 28.6 Å². The van der Waals surface area contributed by atoms with Gasteiger partial charge in [-0.1, -0.05) is 11.6 Å². The third kappa shape index (κ3) is 2.46. The molecular formula is C17H15ClN2O2. The molecule has 2 aromatic heterocycles. The van der Waals surface area contributed by atoms with Crippen LogP contribution in [0, 0.1) is 6.92 Å². The van der Waals surface area contributed by atoms with Crippen molar-refractivity contribution in [1.82, 2.24) is 9.55 Å². The highest BCUT2D eigenvalue weighted by Gasteiger charge is 2.18. The summed E-state index contributed by atoms with van der Waals surface area (Å²) in [5, 5.41) is 1.64. The van der Waals surface area contributed by atoms with Crippen LogP contribution in [0.15, 0.2) is 42.6 Å². The largest absolute Gasteiger partial charge is 0.469 e. The summed E-state index contributed by atoms with van der Waals surface area (Å²) in [6.45, 7) is 1.98. The fraction of sp³-hybridized carbons (Fsp3) is 0.176. The Morgan fingerprint density at radius 1 is 1.27 bits per heavy atom. The van der Waals surface area contributed by atoms with Crippen molar-refractivity contribution in [2.75, 3.05) is 7.11 Å². The number of carbonyl (C=O) groups excluding carboxylic acids is 1. The Bertz CT molecular complexity index is 838. The van der Waals surface area contributed by atoms with Gasteiger partial charge in [-0.25, -0.2) is 4.98 Å². The number of fused-ring (bicyclic) bond motifs is 1. The molecular weight excluding hydrogens is 300 g/mol. The van der Waals surface area contributed by atoms with Crippen LogP contribution < -0.4 is 0 Å². The molecule has 4 nitrogen and oxygen atoms in total. The van der Waals surface area contributed by atoms with Crippen molar-refractivity contribution in [3.8, 4) is 5.69 Å². The van der Waals surface area contributed by atoms with E-state index in [9.17, 15) is 4.79 Å². The second-order valence-electron chi connectivity index (χ2n) is 5.00. The number of ether oxygens (including phenoxy) is 1. The number of aromatic nitrogens is 2. The lowest BCUT2D eigenvalue weighted by molar-refractivity contribution is -0.139. The average molecular weight is 315 g/mol. The second-order valence-corrected chi connectivity index (χ2v) is 5.44. The van der Waals surface area contributed by atoms with Gasteiger partial charge in [0.05, 0.1) is 13.5 Å². The Morgan fingerprint density at radius 3 is 2.68 bits per heavy atom. The highest BCUT2D eigenvalue weighted by atomic mass is 35.5. The third-order valence-corrected chi connectivity index (χ3v) is 3.98. The molecule has 5 heteroatoms. The van der Waals surface area contributed by atoms with Gasteiger partial charge < -0.3 is 4.74 Å². The zero-order chi connectivity index (χ0) is 15.7. The minimum absolute atomic E-state index is 0.227. The number of nitrogens with zero attached hydrogens (tertiary/aromatic N) is 2. The summed E-state index contributed by atoms with van der Waals surface area (Å²) in [5.74, 6) is -0.262. The van der Waals surface area contributed by atoms with E-state index in [0.717, 1.165) is 28.0 Å². The molecule has 0 spiro atoms. The number of rotatable bonds is 3. The van der Waals surface area contributed by atoms with Crippen LogP contribution in [0.4, 0.5) is 0 Å². The average Bonchev–Trinajstić information content (AvgIpc) is 2.81. The molecule has 1 aromatic carbocycles. The van der Waals surface area contributed by atoms with Gasteiger partial charge in [0.2, 0.25) is 0 Å². The Kier molecular flexibility index (Phi) is 3.86. The van der Waals surface area contributed by atoms with Gasteiger partial charge in [0, 0.05) is 28.0 Å². The molecule has 3 aromatic rings. The molecule has 0 aliphatic carbocycles. The smallest absolute Gasteiger partial charge is 0.310 e. The number of methoxy groups -OCH3 is 1. The Morgan fingerprint density at radius 2 is 2.00 bits per heavy atom. The lowest BCUT2D eigenvalue weighted by Gasteiger charge is -2.08. The van der Waals surface area contributed by atoms with Crippen LogP contribution in [0.1, 0.15) is 11.3 Å². The highest BCUT2D eigenvalue weighted by molar-refractivity contribution is 6.30. The van der Waals surface area contributed by atoms with E-state index in [1.807, 2.05) is 47.9 Å². The fourth-order valence-corrected chi connectivity index (χ4v) is 2.77. The quantitative estimate of drug-likeness (QED) is 0.692. The first-order valence-corrected chi connectivity index (χ1v) is 7.27. The molecule has 0 N–H and O–H groups in total. The van der Waals surface area contributed by atoms with Crippen molar-refractivity contribution in [1.29, 1.82) is 0 Å². The maximum Gasteiger partial charge on any atom is 0.310 e. The molecule has 0 saturated carbocycles. The highest BCUT2D eigenvalue weighted by Crippen LogP contribution is 2.28. The van der Waals surface area contributed by atoms with E-state index in [2.05, 4.69) is 4.98 Å². The summed E-state index contributed by atoms with van der Waals surface area (Å²) in [7, 11) is 1.40. The van der Waals surface area contributed by atoms with Crippen molar-refractivity contribution in [2.24, 2.45) is 0 Å². The number of halogens is 1. The molecule has 0 saturated heterocycles. The summed E-state index contributed by atoms with van der Waals surface area (Å²) >= 11 is 5.96.